The number of benzene rings is 2. The molecule has 0 saturated heterocycles. The number of halogens is 2. The van der Waals surface area contributed by atoms with Gasteiger partial charge >= 0.3 is 12.0 Å². The summed E-state index contributed by atoms with van der Waals surface area (Å²) in [5, 5.41) is 21.2. The van der Waals surface area contributed by atoms with Gasteiger partial charge in [0.1, 0.15) is 5.82 Å². The predicted octanol–water partition coefficient (Wildman–Crippen LogP) is 7.16. The number of carbonyl (C=O) groups is 2. The normalized spacial score (nSPS) is 19.3. The molecule has 188 valence electrons. The van der Waals surface area contributed by atoms with Crippen molar-refractivity contribution in [2.45, 2.75) is 63.2 Å². The van der Waals surface area contributed by atoms with Gasteiger partial charge in [-0.05, 0) is 67.5 Å². The van der Waals surface area contributed by atoms with Crippen molar-refractivity contribution in [1.82, 2.24) is 9.78 Å². The van der Waals surface area contributed by atoms with Gasteiger partial charge in [-0.3, -0.25) is 10.1 Å². The van der Waals surface area contributed by atoms with Crippen LogP contribution in [0.5, 0.6) is 0 Å². The fourth-order valence-corrected chi connectivity index (χ4v) is 5.91. The number of anilines is 2. The highest BCUT2D eigenvalue weighted by molar-refractivity contribution is 6.44. The van der Waals surface area contributed by atoms with Crippen LogP contribution in [0.25, 0.3) is 5.69 Å². The Morgan fingerprint density at radius 1 is 1.14 bits per heavy atom. The van der Waals surface area contributed by atoms with Gasteiger partial charge in [0, 0.05) is 12.0 Å². The molecule has 36 heavy (non-hydrogen) atoms. The number of nitrogens with zero attached hydrogens (tertiary/aromatic N) is 2. The Labute approximate surface area is 219 Å². The molecule has 1 fully saturated rings. The van der Waals surface area contributed by atoms with E-state index in [4.69, 9.17) is 28.3 Å². The first-order valence-electron chi connectivity index (χ1n) is 12.3. The number of hydrogen-bond donors (Lipinski definition) is 3. The van der Waals surface area contributed by atoms with E-state index in [0.29, 0.717) is 35.3 Å². The van der Waals surface area contributed by atoms with Gasteiger partial charge in [0.2, 0.25) is 0 Å². The second kappa shape index (κ2) is 9.79. The van der Waals surface area contributed by atoms with Gasteiger partial charge in [0.05, 0.1) is 32.5 Å². The topological polar surface area (TPSA) is 96.2 Å². The van der Waals surface area contributed by atoms with Crippen LogP contribution >= 0.6 is 23.2 Å². The molecule has 7 nitrogen and oxygen atoms in total. The first-order valence-corrected chi connectivity index (χ1v) is 13.1. The average molecular weight is 527 g/mol. The summed E-state index contributed by atoms with van der Waals surface area (Å²) in [5.74, 6) is 0.0347. The molecule has 1 atom stereocenters. The molecule has 2 aliphatic rings. The lowest BCUT2D eigenvalue weighted by molar-refractivity contribution is -0.144. The summed E-state index contributed by atoms with van der Waals surface area (Å²) >= 11 is 12.3. The first kappa shape index (κ1) is 24.7. The third-order valence-corrected chi connectivity index (χ3v) is 8.45. The fourth-order valence-electron chi connectivity index (χ4n) is 5.56. The molecular formula is C27H28Cl2N4O3. The summed E-state index contributed by atoms with van der Waals surface area (Å²) in [6.45, 7) is 1.92. The van der Waals surface area contributed by atoms with Crippen molar-refractivity contribution >= 4 is 46.7 Å². The van der Waals surface area contributed by atoms with Gasteiger partial charge in [-0.2, -0.15) is 5.10 Å². The van der Waals surface area contributed by atoms with Gasteiger partial charge in [-0.1, -0.05) is 55.1 Å². The highest BCUT2D eigenvalue weighted by Gasteiger charge is 2.44. The minimum absolute atomic E-state index is 0.262. The van der Waals surface area contributed by atoms with Crippen molar-refractivity contribution in [3.05, 3.63) is 69.3 Å². The Hall–Kier alpha value is -3.03. The van der Waals surface area contributed by atoms with E-state index in [-0.39, 0.29) is 5.02 Å². The van der Waals surface area contributed by atoms with Crippen LogP contribution in [0.15, 0.2) is 42.5 Å². The van der Waals surface area contributed by atoms with Gasteiger partial charge in [-0.25, -0.2) is 9.48 Å². The second-order valence-electron chi connectivity index (χ2n) is 9.61. The molecule has 0 radical (unpaired) electrons. The zero-order valence-electron chi connectivity index (χ0n) is 20.0. The number of carbonyl (C=O) groups excluding carboxylic acids is 1. The lowest BCUT2D eigenvalue weighted by Crippen LogP contribution is -2.32. The molecule has 5 rings (SSSR count). The maximum Gasteiger partial charge on any atom is 0.324 e. The summed E-state index contributed by atoms with van der Waals surface area (Å²) in [4.78, 5) is 25.2. The second-order valence-corrected chi connectivity index (χ2v) is 10.4. The molecule has 1 aromatic heterocycles. The van der Waals surface area contributed by atoms with E-state index in [9.17, 15) is 14.7 Å². The van der Waals surface area contributed by atoms with Crippen LogP contribution in [0.1, 0.15) is 68.2 Å². The number of amides is 2. The Kier molecular flexibility index (Phi) is 6.70. The zero-order valence-corrected chi connectivity index (χ0v) is 21.5. The van der Waals surface area contributed by atoms with Gasteiger partial charge in [0.25, 0.3) is 0 Å². The smallest absolute Gasteiger partial charge is 0.324 e. The highest BCUT2D eigenvalue weighted by atomic mass is 35.5. The molecule has 0 bridgehead atoms. The number of carboxylic acid groups (broad SMARTS) is 1. The number of hydrogen-bond acceptors (Lipinski definition) is 3. The SMILES string of the molecule is CCC1(C(=O)O)CCc2ccc(-n3nc(C4CCCC4)cc3NC(=O)Nc3cccc(Cl)c3Cl)cc21. The van der Waals surface area contributed by atoms with Crippen LogP contribution in [0.3, 0.4) is 0 Å². The summed E-state index contributed by atoms with van der Waals surface area (Å²) in [6.07, 6.45) is 6.26. The highest BCUT2D eigenvalue weighted by Crippen LogP contribution is 2.43. The molecule has 0 aliphatic heterocycles. The van der Waals surface area contributed by atoms with Crippen molar-refractivity contribution in [3.63, 3.8) is 0 Å². The van der Waals surface area contributed by atoms with E-state index in [1.54, 1.807) is 22.9 Å². The number of nitrogens with one attached hydrogen (secondary N) is 2. The maximum atomic E-state index is 12.9. The number of aliphatic carboxylic acids is 1. The fraction of sp³-hybridized carbons (Fsp3) is 0.370. The van der Waals surface area contributed by atoms with Crippen LogP contribution < -0.4 is 10.6 Å². The minimum Gasteiger partial charge on any atom is -0.481 e. The lowest BCUT2D eigenvalue weighted by Gasteiger charge is -2.24. The number of rotatable bonds is 6. The van der Waals surface area contributed by atoms with E-state index in [1.807, 2.05) is 31.2 Å². The van der Waals surface area contributed by atoms with Crippen molar-refractivity contribution in [3.8, 4) is 5.69 Å². The van der Waals surface area contributed by atoms with Crippen LogP contribution in [0.2, 0.25) is 10.0 Å². The Morgan fingerprint density at radius 2 is 1.92 bits per heavy atom. The van der Waals surface area contributed by atoms with E-state index in [0.717, 1.165) is 54.6 Å². The number of urea groups is 1. The molecule has 1 saturated carbocycles. The molecule has 9 heteroatoms. The van der Waals surface area contributed by atoms with Crippen molar-refractivity contribution in [2.24, 2.45) is 0 Å². The average Bonchev–Trinajstić information content (AvgIpc) is 3.60. The summed E-state index contributed by atoms with van der Waals surface area (Å²) in [6, 6.07) is 12.3. The Morgan fingerprint density at radius 3 is 2.64 bits per heavy atom. The minimum atomic E-state index is -0.902. The third-order valence-electron chi connectivity index (χ3n) is 7.63. The molecule has 1 unspecified atom stereocenters. The van der Waals surface area contributed by atoms with E-state index in [2.05, 4.69) is 10.6 Å². The molecule has 2 aromatic carbocycles. The molecule has 1 heterocycles. The monoisotopic (exact) mass is 526 g/mol. The van der Waals surface area contributed by atoms with E-state index < -0.39 is 17.4 Å². The van der Waals surface area contributed by atoms with E-state index in [1.165, 1.54) is 0 Å². The predicted molar refractivity (Wildman–Crippen MR) is 142 cm³/mol. The third kappa shape index (κ3) is 4.35. The molecule has 2 amide bonds. The lowest BCUT2D eigenvalue weighted by atomic mass is 9.79. The van der Waals surface area contributed by atoms with Gasteiger partial charge in [-0.15, -0.1) is 0 Å². The standard InChI is InChI=1S/C27H28Cl2N4O3/c1-2-27(25(34)35)13-12-16-10-11-18(14-19(16)27)33-23(15-22(32-33)17-6-3-4-7-17)31-26(36)30-21-9-5-8-20(28)24(21)29/h5,8-11,14-15,17H,2-4,6-7,12-13H2,1H3,(H,34,35)(H2,30,31,36). The summed E-state index contributed by atoms with van der Waals surface area (Å²) < 4.78 is 1.70. The van der Waals surface area contributed by atoms with Crippen molar-refractivity contribution < 1.29 is 14.7 Å². The van der Waals surface area contributed by atoms with Crippen LogP contribution in [-0.4, -0.2) is 26.9 Å². The first-order chi connectivity index (χ1) is 17.3. The zero-order chi connectivity index (χ0) is 25.4. The van der Waals surface area contributed by atoms with Crippen molar-refractivity contribution in [2.75, 3.05) is 10.6 Å². The molecular weight excluding hydrogens is 499 g/mol. The Bertz CT molecular complexity index is 1330. The van der Waals surface area contributed by atoms with Crippen LogP contribution in [-0.2, 0) is 16.6 Å². The number of fused-ring (bicyclic) bond motifs is 1. The van der Waals surface area contributed by atoms with Gasteiger partial charge in [0.15, 0.2) is 0 Å². The molecule has 3 aromatic rings. The molecule has 2 aliphatic carbocycles. The van der Waals surface area contributed by atoms with Crippen LogP contribution in [0, 0.1) is 0 Å². The number of carboxylic acids is 1. The molecule has 3 N–H and O–H groups in total. The number of aromatic nitrogens is 2. The maximum absolute atomic E-state index is 12.9. The van der Waals surface area contributed by atoms with E-state index >= 15 is 0 Å². The largest absolute Gasteiger partial charge is 0.481 e. The van der Waals surface area contributed by atoms with Crippen LogP contribution in [0.4, 0.5) is 16.3 Å². The molecule has 0 spiro atoms. The summed E-state index contributed by atoms with van der Waals surface area (Å²) in [7, 11) is 0. The quantitative estimate of drug-likeness (QED) is 0.317. The Balaban J connectivity index is 1.51. The summed E-state index contributed by atoms with van der Waals surface area (Å²) in [5.41, 5.74) is 3.01. The van der Waals surface area contributed by atoms with Gasteiger partial charge < -0.3 is 10.4 Å². The van der Waals surface area contributed by atoms with Crippen molar-refractivity contribution in [1.29, 1.82) is 0 Å². The number of aryl methyl sites for hydroxylation is 1.